The van der Waals surface area contributed by atoms with Crippen LogP contribution < -0.4 is 5.73 Å². The van der Waals surface area contributed by atoms with Gasteiger partial charge in [-0.3, -0.25) is 0 Å². The molecule has 1 aromatic rings. The fourth-order valence-corrected chi connectivity index (χ4v) is 1.26. The fraction of sp³-hybridized carbons (Fsp3) is 0.600. The lowest BCUT2D eigenvalue weighted by Crippen LogP contribution is -2.37. The average molecular weight is 179 g/mol. The molecule has 72 valence electrons. The predicted molar refractivity (Wildman–Crippen MR) is 53.2 cm³/mol. The van der Waals surface area contributed by atoms with Gasteiger partial charge in [0.05, 0.1) is 5.54 Å². The number of hydrogen-bond acceptors (Lipinski definition) is 3. The molecule has 1 aromatic heterocycles. The molecule has 0 aliphatic heterocycles. The summed E-state index contributed by atoms with van der Waals surface area (Å²) in [7, 11) is 0. The maximum atomic E-state index is 6.16. The zero-order valence-corrected chi connectivity index (χ0v) is 8.54. The summed E-state index contributed by atoms with van der Waals surface area (Å²) < 4.78 is 0. The molecule has 0 unspecified atom stereocenters. The van der Waals surface area contributed by atoms with Crippen LogP contribution in [0.4, 0.5) is 0 Å². The number of nitrogens with two attached hydrogens (primary N) is 1. The van der Waals surface area contributed by atoms with Gasteiger partial charge in [0.15, 0.2) is 0 Å². The Kier molecular flexibility index (Phi) is 2.98. The van der Waals surface area contributed by atoms with Gasteiger partial charge in [-0.2, -0.15) is 0 Å². The first-order valence-corrected chi connectivity index (χ1v) is 4.71. The average Bonchev–Trinajstić information content (AvgIpc) is 2.17. The number of rotatable bonds is 3. The standard InChI is InChI=1S/C10H17N3/c1-4-10(11,5-2)9-12-7-6-8(3)13-9/h6-7H,4-5,11H2,1-3H3. The zero-order valence-electron chi connectivity index (χ0n) is 8.54. The molecule has 0 aromatic carbocycles. The maximum absolute atomic E-state index is 6.16. The molecule has 0 saturated heterocycles. The van der Waals surface area contributed by atoms with E-state index in [-0.39, 0.29) is 5.54 Å². The van der Waals surface area contributed by atoms with E-state index in [1.165, 1.54) is 0 Å². The minimum atomic E-state index is -0.355. The van der Waals surface area contributed by atoms with Crippen LogP contribution in [0, 0.1) is 6.92 Å². The van der Waals surface area contributed by atoms with Crippen molar-refractivity contribution in [1.29, 1.82) is 0 Å². The Morgan fingerprint density at radius 2 is 2.00 bits per heavy atom. The smallest absolute Gasteiger partial charge is 0.148 e. The zero-order chi connectivity index (χ0) is 9.90. The number of hydrogen-bond donors (Lipinski definition) is 1. The first-order valence-electron chi connectivity index (χ1n) is 4.71. The van der Waals surface area contributed by atoms with Crippen molar-refractivity contribution < 1.29 is 0 Å². The van der Waals surface area contributed by atoms with E-state index in [1.54, 1.807) is 6.20 Å². The molecule has 3 nitrogen and oxygen atoms in total. The highest BCUT2D eigenvalue weighted by molar-refractivity contribution is 5.08. The lowest BCUT2D eigenvalue weighted by atomic mass is 9.93. The molecular formula is C10H17N3. The van der Waals surface area contributed by atoms with E-state index in [0.717, 1.165) is 24.4 Å². The molecule has 1 heterocycles. The van der Waals surface area contributed by atoms with Crippen molar-refractivity contribution in [2.75, 3.05) is 0 Å². The van der Waals surface area contributed by atoms with Gasteiger partial charge < -0.3 is 5.73 Å². The summed E-state index contributed by atoms with van der Waals surface area (Å²) in [5.41, 5.74) is 6.78. The summed E-state index contributed by atoms with van der Waals surface area (Å²) in [5.74, 6) is 0.762. The van der Waals surface area contributed by atoms with Crippen molar-refractivity contribution in [3.05, 3.63) is 23.8 Å². The first kappa shape index (κ1) is 10.1. The van der Waals surface area contributed by atoms with Gasteiger partial charge in [-0.1, -0.05) is 13.8 Å². The molecule has 0 aliphatic rings. The Labute approximate surface area is 79.4 Å². The van der Waals surface area contributed by atoms with Crippen LogP contribution in [-0.2, 0) is 5.54 Å². The first-order chi connectivity index (χ1) is 6.12. The quantitative estimate of drug-likeness (QED) is 0.769. The minimum Gasteiger partial charge on any atom is -0.319 e. The molecule has 0 bridgehead atoms. The second kappa shape index (κ2) is 3.83. The largest absolute Gasteiger partial charge is 0.319 e. The van der Waals surface area contributed by atoms with Crippen LogP contribution in [0.25, 0.3) is 0 Å². The summed E-state index contributed by atoms with van der Waals surface area (Å²) in [6.45, 7) is 6.08. The van der Waals surface area contributed by atoms with Gasteiger partial charge in [0, 0.05) is 11.9 Å². The van der Waals surface area contributed by atoms with Crippen LogP contribution in [0.2, 0.25) is 0 Å². The van der Waals surface area contributed by atoms with Crippen LogP contribution in [0.1, 0.15) is 38.2 Å². The monoisotopic (exact) mass is 179 g/mol. The second-order valence-corrected chi connectivity index (χ2v) is 3.38. The highest BCUT2D eigenvalue weighted by Crippen LogP contribution is 2.21. The summed E-state index contributed by atoms with van der Waals surface area (Å²) in [5, 5.41) is 0. The Morgan fingerprint density at radius 3 is 2.46 bits per heavy atom. The van der Waals surface area contributed by atoms with Crippen LogP contribution in [-0.4, -0.2) is 9.97 Å². The van der Waals surface area contributed by atoms with Gasteiger partial charge in [0.25, 0.3) is 0 Å². The molecule has 3 heteroatoms. The Morgan fingerprint density at radius 1 is 1.38 bits per heavy atom. The van der Waals surface area contributed by atoms with E-state index >= 15 is 0 Å². The van der Waals surface area contributed by atoms with Crippen LogP contribution >= 0.6 is 0 Å². The Hall–Kier alpha value is -0.960. The van der Waals surface area contributed by atoms with Crippen molar-refractivity contribution in [1.82, 2.24) is 9.97 Å². The van der Waals surface area contributed by atoms with Crippen LogP contribution in [0.5, 0.6) is 0 Å². The highest BCUT2D eigenvalue weighted by atomic mass is 15.0. The predicted octanol–water partition coefficient (Wildman–Crippen LogP) is 1.76. The van der Waals surface area contributed by atoms with Crippen molar-refractivity contribution >= 4 is 0 Å². The van der Waals surface area contributed by atoms with Gasteiger partial charge in [-0.05, 0) is 25.8 Å². The summed E-state index contributed by atoms with van der Waals surface area (Å²) in [6.07, 6.45) is 3.50. The van der Waals surface area contributed by atoms with Gasteiger partial charge in [0.2, 0.25) is 0 Å². The topological polar surface area (TPSA) is 51.8 Å². The van der Waals surface area contributed by atoms with Gasteiger partial charge in [-0.15, -0.1) is 0 Å². The van der Waals surface area contributed by atoms with Gasteiger partial charge in [-0.25, -0.2) is 9.97 Å². The molecule has 0 amide bonds. The molecule has 1 rings (SSSR count). The van der Waals surface area contributed by atoms with Gasteiger partial charge >= 0.3 is 0 Å². The van der Waals surface area contributed by atoms with Crippen molar-refractivity contribution in [3.8, 4) is 0 Å². The van der Waals surface area contributed by atoms with Crippen LogP contribution in [0.15, 0.2) is 12.3 Å². The highest BCUT2D eigenvalue weighted by Gasteiger charge is 2.25. The number of nitrogens with zero attached hydrogens (tertiary/aromatic N) is 2. The molecule has 0 spiro atoms. The van der Waals surface area contributed by atoms with E-state index < -0.39 is 0 Å². The normalized spacial score (nSPS) is 11.7. The molecular weight excluding hydrogens is 162 g/mol. The molecule has 0 saturated carbocycles. The molecule has 0 radical (unpaired) electrons. The van der Waals surface area contributed by atoms with E-state index in [4.69, 9.17) is 5.73 Å². The number of aromatic nitrogens is 2. The van der Waals surface area contributed by atoms with E-state index in [0.29, 0.717) is 0 Å². The van der Waals surface area contributed by atoms with Crippen molar-refractivity contribution in [3.63, 3.8) is 0 Å². The molecule has 0 atom stereocenters. The maximum Gasteiger partial charge on any atom is 0.148 e. The van der Waals surface area contributed by atoms with E-state index in [2.05, 4.69) is 23.8 Å². The summed E-state index contributed by atoms with van der Waals surface area (Å²) in [6, 6.07) is 1.88. The van der Waals surface area contributed by atoms with Gasteiger partial charge in [0.1, 0.15) is 5.82 Å². The summed E-state index contributed by atoms with van der Waals surface area (Å²) in [4.78, 5) is 8.57. The lowest BCUT2D eigenvalue weighted by Gasteiger charge is -2.24. The molecule has 13 heavy (non-hydrogen) atoms. The number of aryl methyl sites for hydroxylation is 1. The Bertz CT molecular complexity index is 279. The van der Waals surface area contributed by atoms with Crippen LogP contribution in [0.3, 0.4) is 0 Å². The molecule has 0 aliphatic carbocycles. The molecule has 0 fully saturated rings. The van der Waals surface area contributed by atoms with Crippen molar-refractivity contribution in [2.24, 2.45) is 5.73 Å². The van der Waals surface area contributed by atoms with E-state index in [9.17, 15) is 0 Å². The fourth-order valence-electron chi connectivity index (χ4n) is 1.26. The van der Waals surface area contributed by atoms with E-state index in [1.807, 2.05) is 13.0 Å². The third-order valence-corrected chi connectivity index (χ3v) is 2.50. The third-order valence-electron chi connectivity index (χ3n) is 2.50. The van der Waals surface area contributed by atoms with Crippen molar-refractivity contribution in [2.45, 2.75) is 39.2 Å². The lowest BCUT2D eigenvalue weighted by molar-refractivity contribution is 0.386. The second-order valence-electron chi connectivity index (χ2n) is 3.38. The minimum absolute atomic E-state index is 0.355. The summed E-state index contributed by atoms with van der Waals surface area (Å²) >= 11 is 0. The molecule has 2 N–H and O–H groups in total. The Balaban J connectivity index is 3.05. The third kappa shape index (κ3) is 2.04. The SMILES string of the molecule is CCC(N)(CC)c1nccc(C)n1.